The van der Waals surface area contributed by atoms with Gasteiger partial charge < -0.3 is 10.5 Å². The highest BCUT2D eigenvalue weighted by Crippen LogP contribution is 2.41. The van der Waals surface area contributed by atoms with Crippen molar-refractivity contribution in [2.45, 2.75) is 57.2 Å². The predicted octanol–water partition coefficient (Wildman–Crippen LogP) is 3.35. The molecule has 1 aliphatic heterocycles. The van der Waals surface area contributed by atoms with Gasteiger partial charge in [-0.1, -0.05) is 25.0 Å². The molecule has 3 rings (SSSR count). The van der Waals surface area contributed by atoms with Gasteiger partial charge in [0.15, 0.2) is 0 Å². The van der Waals surface area contributed by atoms with E-state index >= 15 is 0 Å². The van der Waals surface area contributed by atoms with Gasteiger partial charge in [0, 0.05) is 12.1 Å². The number of benzene rings is 1. The van der Waals surface area contributed by atoms with E-state index in [1.165, 1.54) is 44.2 Å². The largest absolute Gasteiger partial charge is 0.497 e. The van der Waals surface area contributed by atoms with Gasteiger partial charge in [-0.15, -0.1) is 0 Å². The highest BCUT2D eigenvalue weighted by molar-refractivity contribution is 5.31. The molecular weight excluding hydrogens is 260 g/mol. The molecule has 1 saturated carbocycles. The summed E-state index contributed by atoms with van der Waals surface area (Å²) in [5.74, 6) is 1.82. The third-order valence-electron chi connectivity index (χ3n) is 5.34. The van der Waals surface area contributed by atoms with Gasteiger partial charge >= 0.3 is 0 Å². The number of fused-ring (bicyclic) bond motifs is 1. The van der Waals surface area contributed by atoms with Crippen LogP contribution in [0.15, 0.2) is 24.3 Å². The Labute approximate surface area is 128 Å². The van der Waals surface area contributed by atoms with Gasteiger partial charge in [-0.05, 0) is 56.3 Å². The second-order valence-corrected chi connectivity index (χ2v) is 6.72. The van der Waals surface area contributed by atoms with E-state index in [-0.39, 0.29) is 6.04 Å². The lowest BCUT2D eigenvalue weighted by molar-refractivity contribution is 0.118. The first-order chi connectivity index (χ1) is 10.2. The predicted molar refractivity (Wildman–Crippen MR) is 86.5 cm³/mol. The second kappa shape index (κ2) is 6.37. The summed E-state index contributed by atoms with van der Waals surface area (Å²) in [5.41, 5.74) is 7.68. The lowest BCUT2D eigenvalue weighted by Crippen LogP contribution is -2.44. The van der Waals surface area contributed by atoms with Gasteiger partial charge in [0.2, 0.25) is 0 Å². The zero-order valence-corrected chi connectivity index (χ0v) is 13.3. The first-order valence-electron chi connectivity index (χ1n) is 8.36. The fourth-order valence-corrected chi connectivity index (χ4v) is 4.41. The van der Waals surface area contributed by atoms with Gasteiger partial charge in [0.1, 0.15) is 5.75 Å². The monoisotopic (exact) mass is 288 g/mol. The number of nitrogens with two attached hydrogens (primary N) is 1. The third-order valence-corrected chi connectivity index (χ3v) is 5.34. The Hall–Kier alpha value is -1.06. The van der Waals surface area contributed by atoms with E-state index in [1.807, 2.05) is 6.07 Å². The van der Waals surface area contributed by atoms with Crippen LogP contribution in [0, 0.1) is 5.92 Å². The number of likely N-dealkylation sites (tertiary alicyclic amines) is 1. The van der Waals surface area contributed by atoms with E-state index in [1.54, 1.807) is 7.11 Å². The van der Waals surface area contributed by atoms with Crippen LogP contribution in [0.1, 0.15) is 50.6 Å². The molecule has 1 aromatic rings. The van der Waals surface area contributed by atoms with Gasteiger partial charge in [-0.25, -0.2) is 0 Å². The molecule has 4 unspecified atom stereocenters. The zero-order valence-electron chi connectivity index (χ0n) is 13.3. The molecule has 0 amide bonds. The summed E-state index contributed by atoms with van der Waals surface area (Å²) in [4.78, 5) is 2.68. The minimum absolute atomic E-state index is 0.137. The number of rotatable bonds is 4. The molecule has 21 heavy (non-hydrogen) atoms. The van der Waals surface area contributed by atoms with Crippen LogP contribution < -0.4 is 10.5 Å². The van der Waals surface area contributed by atoms with Crippen LogP contribution in [0.2, 0.25) is 0 Å². The van der Waals surface area contributed by atoms with Crippen molar-refractivity contribution in [2.75, 3.05) is 13.7 Å². The summed E-state index contributed by atoms with van der Waals surface area (Å²) in [7, 11) is 1.73. The molecule has 0 radical (unpaired) electrons. The summed E-state index contributed by atoms with van der Waals surface area (Å²) in [6.07, 6.45) is 6.89. The first kappa shape index (κ1) is 14.9. The minimum atomic E-state index is 0.137. The van der Waals surface area contributed by atoms with Crippen LogP contribution in [0.3, 0.4) is 0 Å². The van der Waals surface area contributed by atoms with Crippen LogP contribution in [0.5, 0.6) is 5.75 Å². The fraction of sp³-hybridized carbons (Fsp3) is 0.667. The van der Waals surface area contributed by atoms with Crippen molar-refractivity contribution in [1.29, 1.82) is 0 Å². The molecule has 0 spiro atoms. The maximum atomic E-state index is 6.38. The molecule has 2 aliphatic rings. The molecule has 1 aliphatic carbocycles. The summed E-state index contributed by atoms with van der Waals surface area (Å²) in [6.45, 7) is 3.33. The molecule has 1 saturated heterocycles. The topological polar surface area (TPSA) is 38.5 Å². The standard InChI is InChI=1S/C18H28N2O/c1-13(19)18(15-7-5-8-16(12-15)21-2)20-11-10-14-6-3-4-9-17(14)20/h5,7-8,12-14,17-18H,3-4,6,9-11,19H2,1-2H3. The number of methoxy groups -OCH3 is 1. The van der Waals surface area contributed by atoms with Crippen LogP contribution in [0.4, 0.5) is 0 Å². The minimum Gasteiger partial charge on any atom is -0.497 e. The average Bonchev–Trinajstić information content (AvgIpc) is 2.91. The Morgan fingerprint density at radius 3 is 2.81 bits per heavy atom. The van der Waals surface area contributed by atoms with Gasteiger partial charge in [0.05, 0.1) is 13.2 Å². The zero-order chi connectivity index (χ0) is 14.8. The molecule has 0 bridgehead atoms. The number of ether oxygens (including phenoxy) is 1. The molecule has 4 atom stereocenters. The van der Waals surface area contributed by atoms with Crippen molar-refractivity contribution >= 4 is 0 Å². The van der Waals surface area contributed by atoms with Gasteiger partial charge in [-0.2, -0.15) is 0 Å². The van der Waals surface area contributed by atoms with Crippen molar-refractivity contribution in [3.63, 3.8) is 0 Å². The van der Waals surface area contributed by atoms with Crippen molar-refractivity contribution in [2.24, 2.45) is 11.7 Å². The maximum Gasteiger partial charge on any atom is 0.119 e. The smallest absolute Gasteiger partial charge is 0.119 e. The number of hydrogen-bond donors (Lipinski definition) is 1. The molecule has 3 heteroatoms. The van der Waals surface area contributed by atoms with Crippen LogP contribution >= 0.6 is 0 Å². The SMILES string of the molecule is COc1cccc(C(C(C)N)N2CCC3CCCCC32)c1. The molecular formula is C18H28N2O. The maximum absolute atomic E-state index is 6.38. The summed E-state index contributed by atoms with van der Waals surface area (Å²) in [6, 6.07) is 9.64. The van der Waals surface area contributed by atoms with E-state index < -0.39 is 0 Å². The summed E-state index contributed by atoms with van der Waals surface area (Å²) in [5, 5.41) is 0. The molecule has 116 valence electrons. The Kier molecular flexibility index (Phi) is 4.51. The van der Waals surface area contributed by atoms with E-state index in [4.69, 9.17) is 10.5 Å². The molecule has 2 fully saturated rings. The third kappa shape index (κ3) is 2.95. The van der Waals surface area contributed by atoms with Gasteiger partial charge in [-0.3, -0.25) is 4.90 Å². The summed E-state index contributed by atoms with van der Waals surface area (Å²) >= 11 is 0. The number of nitrogens with zero attached hydrogens (tertiary/aromatic N) is 1. The van der Waals surface area contributed by atoms with E-state index in [9.17, 15) is 0 Å². The lowest BCUT2D eigenvalue weighted by atomic mass is 9.84. The number of hydrogen-bond acceptors (Lipinski definition) is 3. The van der Waals surface area contributed by atoms with E-state index in [0.29, 0.717) is 6.04 Å². The highest BCUT2D eigenvalue weighted by atomic mass is 16.5. The fourth-order valence-electron chi connectivity index (χ4n) is 4.41. The van der Waals surface area contributed by atoms with Crippen molar-refractivity contribution < 1.29 is 4.74 Å². The quantitative estimate of drug-likeness (QED) is 0.923. The normalized spacial score (nSPS) is 28.9. The Balaban J connectivity index is 1.87. The molecule has 1 aromatic carbocycles. The highest BCUT2D eigenvalue weighted by Gasteiger charge is 2.40. The average molecular weight is 288 g/mol. The van der Waals surface area contributed by atoms with Crippen LogP contribution in [-0.2, 0) is 0 Å². The molecule has 0 aromatic heterocycles. The summed E-state index contributed by atoms with van der Waals surface area (Å²) < 4.78 is 5.39. The Bertz CT molecular complexity index is 474. The van der Waals surface area contributed by atoms with Crippen LogP contribution in [-0.4, -0.2) is 30.6 Å². The molecule has 1 heterocycles. The van der Waals surface area contributed by atoms with Crippen LogP contribution in [0.25, 0.3) is 0 Å². The van der Waals surface area contributed by atoms with Crippen molar-refractivity contribution in [3.8, 4) is 5.75 Å². The van der Waals surface area contributed by atoms with E-state index in [2.05, 4.69) is 30.0 Å². The molecule has 2 N–H and O–H groups in total. The van der Waals surface area contributed by atoms with Gasteiger partial charge in [0.25, 0.3) is 0 Å². The lowest BCUT2D eigenvalue weighted by Gasteiger charge is -2.39. The molecule has 3 nitrogen and oxygen atoms in total. The second-order valence-electron chi connectivity index (χ2n) is 6.72. The Morgan fingerprint density at radius 2 is 2.05 bits per heavy atom. The van der Waals surface area contributed by atoms with Crippen molar-refractivity contribution in [3.05, 3.63) is 29.8 Å². The Morgan fingerprint density at radius 1 is 1.24 bits per heavy atom. The first-order valence-corrected chi connectivity index (χ1v) is 8.36. The van der Waals surface area contributed by atoms with E-state index in [0.717, 1.165) is 17.7 Å². The van der Waals surface area contributed by atoms with Crippen molar-refractivity contribution in [1.82, 2.24) is 4.90 Å².